The van der Waals surface area contributed by atoms with Crippen LogP contribution in [0.25, 0.3) is 10.8 Å². The molecule has 1 unspecified atom stereocenters. The normalized spacial score (nSPS) is 15.7. The summed E-state index contributed by atoms with van der Waals surface area (Å²) < 4.78 is 10.9. The average molecular weight is 512 g/mol. The van der Waals surface area contributed by atoms with Gasteiger partial charge < -0.3 is 9.26 Å². The number of rotatable bonds is 8. The van der Waals surface area contributed by atoms with Gasteiger partial charge in [-0.3, -0.25) is 24.9 Å². The van der Waals surface area contributed by atoms with Crippen molar-refractivity contribution in [3.63, 3.8) is 0 Å². The Labute approximate surface area is 214 Å². The third-order valence-electron chi connectivity index (χ3n) is 5.90. The van der Waals surface area contributed by atoms with E-state index in [0.29, 0.717) is 54.2 Å². The first-order chi connectivity index (χ1) is 17.7. The molecule has 3 aromatic rings. The molecule has 0 aliphatic carbocycles. The van der Waals surface area contributed by atoms with E-state index in [1.54, 1.807) is 23.1 Å². The summed E-state index contributed by atoms with van der Waals surface area (Å²) in [5.41, 5.74) is 2.16. The number of aromatic nitrogens is 4. The first-order valence-electron chi connectivity index (χ1n) is 12.5. The summed E-state index contributed by atoms with van der Waals surface area (Å²) in [4.78, 5) is 43.8. The van der Waals surface area contributed by atoms with Gasteiger partial charge in [0.25, 0.3) is 5.56 Å². The number of aromatic amines is 1. The van der Waals surface area contributed by atoms with Crippen molar-refractivity contribution in [3.05, 3.63) is 46.3 Å². The minimum absolute atomic E-state index is 0.121. The number of ether oxygens (including phenoxy) is 1. The van der Waals surface area contributed by atoms with E-state index in [9.17, 15) is 14.4 Å². The number of nitrogens with zero attached hydrogens (tertiary/aromatic N) is 5. The maximum absolute atomic E-state index is 13.1. The van der Waals surface area contributed by atoms with Crippen LogP contribution >= 0.6 is 0 Å². The highest BCUT2D eigenvalue weighted by atomic mass is 16.6. The van der Waals surface area contributed by atoms with Gasteiger partial charge in [0.1, 0.15) is 5.60 Å². The fourth-order valence-electron chi connectivity index (χ4n) is 4.22. The third kappa shape index (κ3) is 6.25. The summed E-state index contributed by atoms with van der Waals surface area (Å²) in [6.07, 6.45) is 2.21. The van der Waals surface area contributed by atoms with Crippen molar-refractivity contribution in [3.8, 4) is 0 Å². The molecule has 1 aromatic carbocycles. The Kier molecular flexibility index (Phi) is 7.74. The molecule has 2 amide bonds. The van der Waals surface area contributed by atoms with Gasteiger partial charge >= 0.3 is 6.09 Å². The lowest BCUT2D eigenvalue weighted by Crippen LogP contribution is -2.37. The van der Waals surface area contributed by atoms with Crippen molar-refractivity contribution in [1.82, 2.24) is 30.2 Å². The molecule has 4 rings (SSSR count). The van der Waals surface area contributed by atoms with Crippen LogP contribution in [0.2, 0.25) is 0 Å². The predicted molar refractivity (Wildman–Crippen MR) is 136 cm³/mol. The molecule has 37 heavy (non-hydrogen) atoms. The van der Waals surface area contributed by atoms with Crippen LogP contribution in [0.5, 0.6) is 0 Å². The molecular formula is C25H33N7O5. The smallest absolute Gasteiger partial charge is 0.410 e. The number of likely N-dealkylation sites (tertiary alicyclic amines) is 1. The number of amides is 2. The zero-order chi connectivity index (χ0) is 26.6. The van der Waals surface area contributed by atoms with E-state index >= 15 is 0 Å². The number of H-pyrrole nitrogens is 1. The lowest BCUT2D eigenvalue weighted by molar-refractivity contribution is -0.130. The molecule has 0 bridgehead atoms. The highest BCUT2D eigenvalue weighted by Crippen LogP contribution is 2.31. The van der Waals surface area contributed by atoms with Gasteiger partial charge in [-0.25, -0.2) is 9.89 Å². The van der Waals surface area contributed by atoms with Crippen LogP contribution in [0.3, 0.4) is 0 Å². The summed E-state index contributed by atoms with van der Waals surface area (Å²) >= 11 is 0. The van der Waals surface area contributed by atoms with Gasteiger partial charge in [0.05, 0.1) is 11.4 Å². The molecule has 1 atom stereocenters. The molecule has 1 saturated heterocycles. The van der Waals surface area contributed by atoms with Gasteiger partial charge in [-0.1, -0.05) is 30.3 Å². The Balaban J connectivity index is 1.40. The van der Waals surface area contributed by atoms with Crippen molar-refractivity contribution in [2.24, 2.45) is 0 Å². The fourth-order valence-corrected chi connectivity index (χ4v) is 4.22. The van der Waals surface area contributed by atoms with Crippen molar-refractivity contribution in [2.45, 2.75) is 71.4 Å². The summed E-state index contributed by atoms with van der Waals surface area (Å²) in [6.45, 7) is 8.44. The van der Waals surface area contributed by atoms with Crippen LogP contribution in [0.4, 0.5) is 10.6 Å². The molecule has 0 radical (unpaired) electrons. The second-order valence-corrected chi connectivity index (χ2v) is 9.98. The molecule has 0 saturated carbocycles. The van der Waals surface area contributed by atoms with Crippen LogP contribution < -0.4 is 11.0 Å². The summed E-state index contributed by atoms with van der Waals surface area (Å²) in [7, 11) is 0. The molecule has 198 valence electrons. The van der Waals surface area contributed by atoms with E-state index in [1.807, 2.05) is 33.8 Å². The number of benzene rings is 1. The van der Waals surface area contributed by atoms with E-state index in [0.717, 1.165) is 6.42 Å². The van der Waals surface area contributed by atoms with Gasteiger partial charge in [0.15, 0.2) is 11.6 Å². The number of aryl methyl sites for hydroxylation is 1. The quantitative estimate of drug-likeness (QED) is 0.433. The Morgan fingerprint density at radius 2 is 2.03 bits per heavy atom. The summed E-state index contributed by atoms with van der Waals surface area (Å²) in [5.74, 6) is 0.942. The highest BCUT2D eigenvalue weighted by Gasteiger charge is 2.36. The zero-order valence-corrected chi connectivity index (χ0v) is 21.6. The van der Waals surface area contributed by atoms with Gasteiger partial charge in [0, 0.05) is 31.3 Å². The van der Waals surface area contributed by atoms with Crippen LogP contribution in [0.1, 0.15) is 71.1 Å². The molecule has 1 aliphatic rings. The van der Waals surface area contributed by atoms with Crippen molar-refractivity contribution >= 4 is 28.6 Å². The molecule has 2 N–H and O–H groups in total. The lowest BCUT2D eigenvalue weighted by Gasteiger charge is -2.27. The number of fused-ring (bicyclic) bond motifs is 1. The number of hydrogen-bond donors (Lipinski definition) is 2. The van der Waals surface area contributed by atoms with Crippen LogP contribution in [0, 0.1) is 0 Å². The van der Waals surface area contributed by atoms with E-state index in [4.69, 9.17) is 9.26 Å². The highest BCUT2D eigenvalue weighted by molar-refractivity contribution is 5.91. The van der Waals surface area contributed by atoms with Gasteiger partial charge in [-0.2, -0.15) is 10.1 Å². The topological polar surface area (TPSA) is 147 Å². The van der Waals surface area contributed by atoms with Gasteiger partial charge in [0.2, 0.25) is 11.8 Å². The first-order valence-corrected chi connectivity index (χ1v) is 12.5. The first kappa shape index (κ1) is 26.1. The van der Waals surface area contributed by atoms with Crippen molar-refractivity contribution in [1.29, 1.82) is 0 Å². The van der Waals surface area contributed by atoms with E-state index in [2.05, 4.69) is 25.8 Å². The average Bonchev–Trinajstić information content (AvgIpc) is 3.52. The van der Waals surface area contributed by atoms with Crippen molar-refractivity contribution in [2.75, 3.05) is 18.5 Å². The maximum Gasteiger partial charge on any atom is 0.410 e. The molecular weight excluding hydrogens is 478 g/mol. The maximum atomic E-state index is 13.1. The Bertz CT molecular complexity index is 1310. The lowest BCUT2D eigenvalue weighted by atomic mass is 10.2. The SMILES string of the molecule is CCCN(Nc1n[nH]c(=O)c2ccccc12)C(=O)CCc1nc(C2CCCN2C(=O)OC(C)(C)C)no1. The minimum atomic E-state index is -0.595. The monoisotopic (exact) mass is 511 g/mol. The molecule has 3 heterocycles. The van der Waals surface area contributed by atoms with Gasteiger partial charge in [-0.15, -0.1) is 0 Å². The second kappa shape index (κ2) is 11.0. The number of carbonyl (C=O) groups is 2. The third-order valence-corrected chi connectivity index (χ3v) is 5.90. The number of carbonyl (C=O) groups excluding carboxylic acids is 2. The van der Waals surface area contributed by atoms with Gasteiger partial charge in [-0.05, 0) is 46.1 Å². The number of anilines is 1. The molecule has 0 spiro atoms. The number of hydrazine groups is 1. The van der Waals surface area contributed by atoms with E-state index in [1.165, 1.54) is 5.01 Å². The van der Waals surface area contributed by atoms with E-state index < -0.39 is 11.7 Å². The van der Waals surface area contributed by atoms with Crippen molar-refractivity contribution < 1.29 is 18.8 Å². The summed E-state index contributed by atoms with van der Waals surface area (Å²) in [5, 5.41) is 13.2. The number of nitrogens with one attached hydrogen (secondary N) is 2. The second-order valence-electron chi connectivity index (χ2n) is 9.98. The largest absolute Gasteiger partial charge is 0.444 e. The molecule has 12 heteroatoms. The molecule has 1 fully saturated rings. The molecule has 12 nitrogen and oxygen atoms in total. The van der Waals surface area contributed by atoms with E-state index in [-0.39, 0.29) is 30.3 Å². The van der Waals surface area contributed by atoms with Crippen LogP contribution in [-0.4, -0.2) is 60.9 Å². The standard InChI is InChI=1S/C25H33N7O5/c1-5-14-32(29-21-16-9-6-7-10-17(16)23(34)28-27-21)20(33)13-12-19-26-22(30-37-19)18-11-8-15-31(18)24(35)36-25(2,3)4/h6-7,9-10,18H,5,8,11-15H2,1-4H3,(H,27,29)(H,28,34). The zero-order valence-electron chi connectivity index (χ0n) is 21.6. The minimum Gasteiger partial charge on any atom is -0.444 e. The Hall–Kier alpha value is -3.96. The fraction of sp³-hybridized carbons (Fsp3) is 0.520. The Morgan fingerprint density at radius 3 is 2.76 bits per heavy atom. The molecule has 2 aromatic heterocycles. The Morgan fingerprint density at radius 1 is 1.27 bits per heavy atom. The number of hydrogen-bond acceptors (Lipinski definition) is 9. The van der Waals surface area contributed by atoms with Crippen LogP contribution in [0.15, 0.2) is 33.6 Å². The predicted octanol–water partition coefficient (Wildman–Crippen LogP) is 3.58. The summed E-state index contributed by atoms with van der Waals surface area (Å²) in [6, 6.07) is 6.74. The molecule has 1 aliphatic heterocycles. The van der Waals surface area contributed by atoms with Crippen LogP contribution in [-0.2, 0) is 16.0 Å².